The van der Waals surface area contributed by atoms with Gasteiger partial charge in [0, 0.05) is 6.92 Å². The quantitative estimate of drug-likeness (QED) is 0.461. The maximum absolute atomic E-state index is 10.7. The largest absolute Gasteiger partial charge is 0.466 e. The van der Waals surface area contributed by atoms with Gasteiger partial charge >= 0.3 is 5.97 Å². The number of hydrogen-bond donors (Lipinski definition) is 1. The minimum Gasteiger partial charge on any atom is -0.466 e. The van der Waals surface area contributed by atoms with Crippen molar-refractivity contribution in [1.82, 2.24) is 0 Å². The number of carbonyl (C=O) groups is 1. The van der Waals surface area contributed by atoms with Crippen molar-refractivity contribution in [1.29, 1.82) is 0 Å². The van der Waals surface area contributed by atoms with Gasteiger partial charge in [-0.15, -0.1) is 0 Å². The topological polar surface area (TPSA) is 59.1 Å². The summed E-state index contributed by atoms with van der Waals surface area (Å²) >= 11 is 0. The number of rotatable bonds is 4. The van der Waals surface area contributed by atoms with Crippen LogP contribution in [0.5, 0.6) is 0 Å². The highest BCUT2D eigenvalue weighted by Crippen LogP contribution is 2.55. The van der Waals surface area contributed by atoms with Gasteiger partial charge in [0.15, 0.2) is 0 Å². The van der Waals surface area contributed by atoms with E-state index in [-0.39, 0.29) is 23.8 Å². The summed E-state index contributed by atoms with van der Waals surface area (Å²) in [7, 11) is 0. The molecule has 0 aromatic heterocycles. The first-order chi connectivity index (χ1) is 7.97. The van der Waals surface area contributed by atoms with Crippen LogP contribution in [-0.2, 0) is 14.3 Å². The number of aliphatic hydroxyl groups excluding tert-OH is 1. The summed E-state index contributed by atoms with van der Waals surface area (Å²) in [5.41, 5.74) is -0.156. The molecule has 2 aliphatic rings. The van der Waals surface area contributed by atoms with Crippen molar-refractivity contribution in [2.75, 3.05) is 6.61 Å². The van der Waals surface area contributed by atoms with Gasteiger partial charge in [0.2, 0.25) is 0 Å². The van der Waals surface area contributed by atoms with Crippen molar-refractivity contribution in [3.63, 3.8) is 0 Å². The van der Waals surface area contributed by atoms with E-state index in [1.807, 2.05) is 0 Å². The lowest BCUT2D eigenvalue weighted by molar-refractivity contribution is -0.141. The molecule has 5 atom stereocenters. The number of aliphatic hydroxyl groups is 1. The molecule has 1 heterocycles. The summed E-state index contributed by atoms with van der Waals surface area (Å²) < 4.78 is 10.7. The van der Waals surface area contributed by atoms with Crippen LogP contribution in [0.25, 0.3) is 0 Å². The van der Waals surface area contributed by atoms with Crippen molar-refractivity contribution >= 4 is 5.97 Å². The molecular weight excluding hydrogens is 220 g/mol. The fraction of sp³-hybridized carbons (Fsp3) is 0.923. The number of epoxide rings is 1. The average molecular weight is 242 g/mol. The minimum atomic E-state index is -0.324. The van der Waals surface area contributed by atoms with Crippen molar-refractivity contribution in [3.05, 3.63) is 0 Å². The number of carbonyl (C=O) groups excluding carboxylic acids is 1. The van der Waals surface area contributed by atoms with E-state index in [1.54, 1.807) is 0 Å². The zero-order valence-electron chi connectivity index (χ0n) is 10.8. The highest BCUT2D eigenvalue weighted by atomic mass is 16.6. The number of hydrogen-bond acceptors (Lipinski definition) is 4. The second-order valence-electron chi connectivity index (χ2n) is 5.51. The Labute approximate surface area is 102 Å². The second kappa shape index (κ2) is 4.58. The van der Waals surface area contributed by atoms with Gasteiger partial charge in [0.25, 0.3) is 0 Å². The van der Waals surface area contributed by atoms with Crippen LogP contribution >= 0.6 is 0 Å². The molecular formula is C13H22O4. The number of fused-ring (bicyclic) bond motifs is 1. The van der Waals surface area contributed by atoms with Gasteiger partial charge in [-0.2, -0.15) is 0 Å². The molecule has 4 heteroatoms. The van der Waals surface area contributed by atoms with Crippen LogP contribution in [0.1, 0.15) is 40.0 Å². The Kier molecular flexibility index (Phi) is 3.46. The Morgan fingerprint density at radius 2 is 2.24 bits per heavy atom. The fourth-order valence-corrected chi connectivity index (χ4v) is 3.16. The lowest BCUT2D eigenvalue weighted by atomic mass is 9.71. The van der Waals surface area contributed by atoms with Gasteiger partial charge in [-0.1, -0.05) is 13.8 Å². The normalized spacial score (nSPS) is 44.0. The van der Waals surface area contributed by atoms with Crippen LogP contribution in [0.2, 0.25) is 0 Å². The predicted molar refractivity (Wildman–Crippen MR) is 62.4 cm³/mol. The molecule has 1 aliphatic heterocycles. The molecule has 1 saturated heterocycles. The first-order valence-corrected chi connectivity index (χ1v) is 6.46. The van der Waals surface area contributed by atoms with Crippen LogP contribution < -0.4 is 0 Å². The summed E-state index contributed by atoms with van der Waals surface area (Å²) in [5, 5.41) is 9.91. The zero-order valence-corrected chi connectivity index (χ0v) is 10.8. The molecule has 17 heavy (non-hydrogen) atoms. The molecule has 0 amide bonds. The Bertz CT molecular complexity index is 304. The lowest BCUT2D eigenvalue weighted by Crippen LogP contribution is -2.41. The molecule has 0 bridgehead atoms. The highest BCUT2D eigenvalue weighted by molar-refractivity contribution is 5.65. The van der Waals surface area contributed by atoms with E-state index in [0.29, 0.717) is 18.4 Å². The standard InChI is InChI=1S/C13H22O4/c1-8-7-11(15)12-13(17-12,9(8)2)5-4-6-16-10(3)14/h8-9,11-12,15H,4-7H2,1-3H3/t8-,9-,11-,12-,13+/m1/s1. The van der Waals surface area contributed by atoms with Gasteiger partial charge in [0.05, 0.1) is 12.7 Å². The summed E-state index contributed by atoms with van der Waals surface area (Å²) in [4.78, 5) is 10.7. The first-order valence-electron chi connectivity index (χ1n) is 6.46. The van der Waals surface area contributed by atoms with Gasteiger partial charge in [-0.25, -0.2) is 0 Å². The molecule has 1 N–H and O–H groups in total. The van der Waals surface area contributed by atoms with Crippen LogP contribution in [0.15, 0.2) is 0 Å². The van der Waals surface area contributed by atoms with E-state index in [1.165, 1.54) is 6.92 Å². The summed E-state index contributed by atoms with van der Waals surface area (Å²) in [6, 6.07) is 0. The maximum atomic E-state index is 10.7. The van der Waals surface area contributed by atoms with Gasteiger partial charge in [-0.3, -0.25) is 4.79 Å². The molecule has 4 nitrogen and oxygen atoms in total. The van der Waals surface area contributed by atoms with E-state index < -0.39 is 0 Å². The Hall–Kier alpha value is -0.610. The third kappa shape index (κ3) is 2.33. The number of ether oxygens (including phenoxy) is 2. The summed E-state index contributed by atoms with van der Waals surface area (Å²) in [5.74, 6) is 0.714. The van der Waals surface area contributed by atoms with Gasteiger partial charge in [0.1, 0.15) is 11.7 Å². The monoisotopic (exact) mass is 242 g/mol. The van der Waals surface area contributed by atoms with Crippen LogP contribution in [0.3, 0.4) is 0 Å². The second-order valence-corrected chi connectivity index (χ2v) is 5.51. The van der Waals surface area contributed by atoms with E-state index in [4.69, 9.17) is 9.47 Å². The van der Waals surface area contributed by atoms with Crippen LogP contribution in [0, 0.1) is 11.8 Å². The Morgan fingerprint density at radius 3 is 2.88 bits per heavy atom. The average Bonchev–Trinajstić information content (AvgIpc) is 2.98. The Balaban J connectivity index is 1.85. The molecule has 0 unspecified atom stereocenters. The third-order valence-electron chi connectivity index (χ3n) is 4.37. The van der Waals surface area contributed by atoms with E-state index in [9.17, 15) is 9.90 Å². The molecule has 0 radical (unpaired) electrons. The van der Waals surface area contributed by atoms with Crippen molar-refractivity contribution in [2.24, 2.45) is 11.8 Å². The third-order valence-corrected chi connectivity index (χ3v) is 4.37. The van der Waals surface area contributed by atoms with Crippen molar-refractivity contribution < 1.29 is 19.4 Å². The molecule has 1 aliphatic carbocycles. The highest BCUT2D eigenvalue weighted by Gasteiger charge is 2.65. The first kappa shape index (κ1) is 12.8. The molecule has 0 aromatic carbocycles. The predicted octanol–water partition coefficient (Wildman–Crippen LogP) is 1.50. The zero-order chi connectivity index (χ0) is 12.6. The van der Waals surface area contributed by atoms with E-state index >= 15 is 0 Å². The molecule has 0 spiro atoms. The molecule has 2 rings (SSSR count). The lowest BCUT2D eigenvalue weighted by Gasteiger charge is -2.33. The summed E-state index contributed by atoms with van der Waals surface area (Å²) in [6.45, 7) is 6.23. The fourth-order valence-electron chi connectivity index (χ4n) is 3.16. The van der Waals surface area contributed by atoms with Crippen molar-refractivity contribution in [2.45, 2.75) is 57.8 Å². The van der Waals surface area contributed by atoms with Gasteiger partial charge in [-0.05, 0) is 31.1 Å². The van der Waals surface area contributed by atoms with E-state index in [2.05, 4.69) is 13.8 Å². The summed E-state index contributed by atoms with van der Waals surface area (Å²) in [6.07, 6.45) is 2.19. The maximum Gasteiger partial charge on any atom is 0.302 e. The smallest absolute Gasteiger partial charge is 0.302 e. The van der Waals surface area contributed by atoms with Gasteiger partial charge < -0.3 is 14.6 Å². The molecule has 2 fully saturated rings. The van der Waals surface area contributed by atoms with Crippen LogP contribution in [0.4, 0.5) is 0 Å². The molecule has 1 saturated carbocycles. The van der Waals surface area contributed by atoms with Crippen LogP contribution in [-0.4, -0.2) is 35.5 Å². The molecule has 98 valence electrons. The van der Waals surface area contributed by atoms with Crippen molar-refractivity contribution in [3.8, 4) is 0 Å². The minimum absolute atomic E-state index is 0.00558. The van der Waals surface area contributed by atoms with E-state index in [0.717, 1.165) is 19.3 Å². The molecule has 0 aromatic rings. The Morgan fingerprint density at radius 1 is 1.53 bits per heavy atom. The SMILES string of the molecule is CC(=O)OCCC[C@@]12O[C@@H]1[C@H](O)C[C@@H](C)[C@H]2C. The number of esters is 1.